The first-order valence-corrected chi connectivity index (χ1v) is 5.99. The van der Waals surface area contributed by atoms with Crippen LogP contribution in [-0.2, 0) is 19.1 Å². The molecule has 0 aromatic heterocycles. The summed E-state index contributed by atoms with van der Waals surface area (Å²) < 4.78 is 10.5. The van der Waals surface area contributed by atoms with E-state index in [4.69, 9.17) is 9.47 Å². The zero-order valence-electron chi connectivity index (χ0n) is 10.7. The molecule has 2 unspecified atom stereocenters. The lowest BCUT2D eigenvalue weighted by Gasteiger charge is -2.27. The van der Waals surface area contributed by atoms with Crippen LogP contribution in [0.2, 0.25) is 0 Å². The van der Waals surface area contributed by atoms with E-state index < -0.39 is 0 Å². The van der Waals surface area contributed by atoms with Gasteiger partial charge in [-0.2, -0.15) is 0 Å². The number of carbonyl (C=O) groups is 2. The second kappa shape index (κ2) is 6.42. The molecular formula is C13H20O4. The molecule has 1 aliphatic rings. The average Bonchev–Trinajstić information content (AvgIpc) is 2.20. The third-order valence-electron chi connectivity index (χ3n) is 2.81. The van der Waals surface area contributed by atoms with Crippen LogP contribution in [0.3, 0.4) is 0 Å². The van der Waals surface area contributed by atoms with Crippen LogP contribution in [0.4, 0.5) is 0 Å². The van der Waals surface area contributed by atoms with E-state index in [9.17, 15) is 9.59 Å². The molecule has 0 saturated heterocycles. The second-order valence-electron chi connectivity index (χ2n) is 4.47. The second-order valence-corrected chi connectivity index (χ2v) is 4.47. The summed E-state index contributed by atoms with van der Waals surface area (Å²) in [4.78, 5) is 22.1. The maximum Gasteiger partial charge on any atom is 0.303 e. The first-order valence-electron chi connectivity index (χ1n) is 5.99. The SMILES string of the molecule is CC(=O)OC1CC=C(C)CCCC1OC(C)=O. The van der Waals surface area contributed by atoms with Crippen LogP contribution in [0.5, 0.6) is 0 Å². The predicted octanol–water partition coefficient (Wildman–Crippen LogP) is 2.37. The van der Waals surface area contributed by atoms with Gasteiger partial charge in [-0.05, 0) is 26.2 Å². The van der Waals surface area contributed by atoms with E-state index in [1.807, 2.05) is 0 Å². The fourth-order valence-electron chi connectivity index (χ4n) is 2.02. The lowest BCUT2D eigenvalue weighted by atomic mass is 9.96. The van der Waals surface area contributed by atoms with Gasteiger partial charge in [-0.1, -0.05) is 11.6 Å². The van der Waals surface area contributed by atoms with Crippen molar-refractivity contribution in [2.24, 2.45) is 0 Å². The fourth-order valence-corrected chi connectivity index (χ4v) is 2.02. The Kier molecular flexibility index (Phi) is 5.19. The number of hydrogen-bond donors (Lipinski definition) is 0. The number of hydrogen-bond acceptors (Lipinski definition) is 4. The predicted molar refractivity (Wildman–Crippen MR) is 63.3 cm³/mol. The lowest BCUT2D eigenvalue weighted by molar-refractivity contribution is -0.165. The van der Waals surface area contributed by atoms with Crippen molar-refractivity contribution in [2.75, 3.05) is 0 Å². The standard InChI is InChI=1S/C13H20O4/c1-9-5-4-6-12(16-10(2)14)13(8-7-9)17-11(3)15/h7,12-13H,4-6,8H2,1-3H3. The van der Waals surface area contributed by atoms with E-state index in [2.05, 4.69) is 13.0 Å². The largest absolute Gasteiger partial charge is 0.459 e. The van der Waals surface area contributed by atoms with E-state index in [1.54, 1.807) is 0 Å². The monoisotopic (exact) mass is 240 g/mol. The van der Waals surface area contributed by atoms with Crippen LogP contribution in [0.15, 0.2) is 11.6 Å². The van der Waals surface area contributed by atoms with Gasteiger partial charge in [0.15, 0.2) is 0 Å². The molecular weight excluding hydrogens is 220 g/mol. The Hall–Kier alpha value is -1.32. The van der Waals surface area contributed by atoms with Gasteiger partial charge in [-0.25, -0.2) is 0 Å². The van der Waals surface area contributed by atoms with E-state index in [-0.39, 0.29) is 24.1 Å². The highest BCUT2D eigenvalue weighted by molar-refractivity contribution is 5.67. The van der Waals surface area contributed by atoms with Crippen LogP contribution in [0.25, 0.3) is 0 Å². The molecule has 0 saturated carbocycles. The van der Waals surface area contributed by atoms with Crippen LogP contribution in [-0.4, -0.2) is 24.1 Å². The molecule has 0 fully saturated rings. The highest BCUT2D eigenvalue weighted by atomic mass is 16.6. The van der Waals surface area contributed by atoms with Gasteiger partial charge in [-0.15, -0.1) is 0 Å². The van der Waals surface area contributed by atoms with Gasteiger partial charge in [0.25, 0.3) is 0 Å². The van der Waals surface area contributed by atoms with Crippen molar-refractivity contribution in [3.05, 3.63) is 11.6 Å². The van der Waals surface area contributed by atoms with Gasteiger partial charge >= 0.3 is 11.9 Å². The van der Waals surface area contributed by atoms with Crippen LogP contribution in [0, 0.1) is 0 Å². The van der Waals surface area contributed by atoms with Crippen molar-refractivity contribution >= 4 is 11.9 Å². The maximum atomic E-state index is 11.0. The Morgan fingerprint density at radius 2 is 1.76 bits per heavy atom. The molecule has 1 rings (SSSR count). The average molecular weight is 240 g/mol. The highest BCUT2D eigenvalue weighted by Gasteiger charge is 2.27. The molecule has 2 atom stereocenters. The van der Waals surface area contributed by atoms with E-state index in [0.29, 0.717) is 6.42 Å². The summed E-state index contributed by atoms with van der Waals surface area (Å²) >= 11 is 0. The number of allylic oxidation sites excluding steroid dienone is 1. The van der Waals surface area contributed by atoms with Crippen LogP contribution in [0.1, 0.15) is 46.5 Å². The molecule has 0 aromatic carbocycles. The third-order valence-corrected chi connectivity index (χ3v) is 2.81. The Morgan fingerprint density at radius 1 is 1.18 bits per heavy atom. The summed E-state index contributed by atoms with van der Waals surface area (Å²) in [5.74, 6) is -0.660. The minimum absolute atomic E-state index is 0.319. The summed E-state index contributed by atoms with van der Waals surface area (Å²) in [7, 11) is 0. The molecule has 0 radical (unpaired) electrons. The Morgan fingerprint density at radius 3 is 2.35 bits per heavy atom. The van der Waals surface area contributed by atoms with Gasteiger partial charge in [-0.3, -0.25) is 9.59 Å². The quantitative estimate of drug-likeness (QED) is 0.549. The number of ether oxygens (including phenoxy) is 2. The van der Waals surface area contributed by atoms with Crippen molar-refractivity contribution in [1.82, 2.24) is 0 Å². The molecule has 0 heterocycles. The summed E-state index contributed by atoms with van der Waals surface area (Å²) in [6.07, 6.45) is 4.69. The van der Waals surface area contributed by atoms with Crippen molar-refractivity contribution in [2.45, 2.75) is 58.7 Å². The number of esters is 2. The number of rotatable bonds is 2. The van der Waals surface area contributed by atoms with Gasteiger partial charge < -0.3 is 9.47 Å². The molecule has 0 amide bonds. The van der Waals surface area contributed by atoms with E-state index in [1.165, 1.54) is 19.4 Å². The van der Waals surface area contributed by atoms with Crippen molar-refractivity contribution in [1.29, 1.82) is 0 Å². The topological polar surface area (TPSA) is 52.6 Å². The first kappa shape index (κ1) is 13.7. The summed E-state index contributed by atoms with van der Waals surface area (Å²) in [5, 5.41) is 0. The van der Waals surface area contributed by atoms with Crippen molar-refractivity contribution in [3.63, 3.8) is 0 Å². The molecule has 96 valence electrons. The molecule has 0 N–H and O–H groups in total. The lowest BCUT2D eigenvalue weighted by Crippen LogP contribution is -2.34. The zero-order valence-corrected chi connectivity index (χ0v) is 10.7. The molecule has 4 nitrogen and oxygen atoms in total. The zero-order chi connectivity index (χ0) is 12.8. The molecule has 4 heteroatoms. The van der Waals surface area contributed by atoms with Gasteiger partial charge in [0.05, 0.1) is 0 Å². The minimum atomic E-state index is -0.355. The van der Waals surface area contributed by atoms with E-state index >= 15 is 0 Å². The van der Waals surface area contributed by atoms with Crippen LogP contribution < -0.4 is 0 Å². The first-order chi connectivity index (χ1) is 7.99. The molecule has 17 heavy (non-hydrogen) atoms. The summed E-state index contributed by atoms with van der Waals surface area (Å²) in [6.45, 7) is 4.82. The van der Waals surface area contributed by atoms with Crippen LogP contribution >= 0.6 is 0 Å². The Bertz CT molecular complexity index is 319. The van der Waals surface area contributed by atoms with Gasteiger partial charge in [0.2, 0.25) is 0 Å². The molecule has 0 spiro atoms. The van der Waals surface area contributed by atoms with Crippen molar-refractivity contribution in [3.8, 4) is 0 Å². The normalized spacial score (nSPS) is 25.2. The minimum Gasteiger partial charge on any atom is -0.459 e. The van der Waals surface area contributed by atoms with Gasteiger partial charge in [0.1, 0.15) is 12.2 Å². The molecule has 0 aliphatic heterocycles. The molecule has 0 bridgehead atoms. The molecule has 1 aliphatic carbocycles. The van der Waals surface area contributed by atoms with E-state index in [0.717, 1.165) is 19.3 Å². The maximum absolute atomic E-state index is 11.0. The van der Waals surface area contributed by atoms with Crippen molar-refractivity contribution < 1.29 is 19.1 Å². The fraction of sp³-hybridized carbons (Fsp3) is 0.692. The van der Waals surface area contributed by atoms with Gasteiger partial charge in [0, 0.05) is 20.3 Å². The summed E-state index contributed by atoms with van der Waals surface area (Å²) in [6, 6.07) is 0. The third kappa shape index (κ3) is 5.02. The Labute approximate surface area is 102 Å². The number of carbonyl (C=O) groups excluding carboxylic acids is 2. The summed E-state index contributed by atoms with van der Waals surface area (Å²) in [5.41, 5.74) is 1.29. The smallest absolute Gasteiger partial charge is 0.303 e. The Balaban J connectivity index is 2.74. The highest BCUT2D eigenvalue weighted by Crippen LogP contribution is 2.22. The molecule has 0 aromatic rings.